The normalized spacial score (nSPS) is 11.0. The summed E-state index contributed by atoms with van der Waals surface area (Å²) >= 11 is 0. The zero-order valence-corrected chi connectivity index (χ0v) is 13.2. The fourth-order valence-electron chi connectivity index (χ4n) is 1.68. The molecule has 0 aliphatic carbocycles. The Labute approximate surface area is 125 Å². The first-order valence-electron chi connectivity index (χ1n) is 7.34. The first kappa shape index (κ1) is 17.4. The number of carbonyl (C=O) groups excluding carboxylic acids is 1. The summed E-state index contributed by atoms with van der Waals surface area (Å²) in [4.78, 5) is 18.0. The van der Waals surface area contributed by atoms with Crippen LogP contribution in [-0.4, -0.2) is 48.5 Å². The van der Waals surface area contributed by atoms with E-state index in [2.05, 4.69) is 34.4 Å². The molecule has 0 bridgehead atoms. The van der Waals surface area contributed by atoms with Crippen molar-refractivity contribution < 1.29 is 9.18 Å². The van der Waals surface area contributed by atoms with Gasteiger partial charge in [-0.25, -0.2) is 9.37 Å². The zero-order chi connectivity index (χ0) is 15.8. The van der Waals surface area contributed by atoms with Gasteiger partial charge in [-0.3, -0.25) is 4.79 Å². The van der Waals surface area contributed by atoms with Crippen LogP contribution >= 0.6 is 0 Å². The Hall–Kier alpha value is -1.69. The highest BCUT2D eigenvalue weighted by molar-refractivity contribution is 5.95. The number of carbonyl (C=O) groups is 1. The van der Waals surface area contributed by atoms with Crippen molar-refractivity contribution in [2.45, 2.75) is 33.2 Å². The van der Waals surface area contributed by atoms with Gasteiger partial charge in [0.15, 0.2) is 11.6 Å². The third-order valence-corrected chi connectivity index (χ3v) is 3.31. The molecule has 1 heterocycles. The van der Waals surface area contributed by atoms with Crippen LogP contribution in [0.5, 0.6) is 0 Å². The third kappa shape index (κ3) is 5.30. The lowest BCUT2D eigenvalue weighted by Gasteiger charge is -2.20. The maximum Gasteiger partial charge on any atom is 0.254 e. The van der Waals surface area contributed by atoms with Crippen molar-refractivity contribution >= 4 is 11.7 Å². The summed E-state index contributed by atoms with van der Waals surface area (Å²) in [5.41, 5.74) is 0.0239. The van der Waals surface area contributed by atoms with Gasteiger partial charge in [0.05, 0.1) is 5.56 Å². The van der Waals surface area contributed by atoms with E-state index in [-0.39, 0.29) is 11.4 Å². The van der Waals surface area contributed by atoms with E-state index < -0.39 is 11.7 Å². The first-order valence-corrected chi connectivity index (χ1v) is 7.34. The van der Waals surface area contributed by atoms with Gasteiger partial charge in [0.25, 0.3) is 5.91 Å². The van der Waals surface area contributed by atoms with Crippen molar-refractivity contribution in [2.24, 2.45) is 0 Å². The van der Waals surface area contributed by atoms with E-state index in [1.54, 1.807) is 0 Å². The fraction of sp³-hybridized carbons (Fsp3) is 0.600. The zero-order valence-electron chi connectivity index (χ0n) is 13.2. The van der Waals surface area contributed by atoms with E-state index in [4.69, 9.17) is 0 Å². The van der Waals surface area contributed by atoms with Crippen molar-refractivity contribution in [1.82, 2.24) is 15.2 Å². The number of aromatic nitrogens is 1. The predicted molar refractivity (Wildman–Crippen MR) is 83.1 cm³/mol. The van der Waals surface area contributed by atoms with Gasteiger partial charge in [0.2, 0.25) is 0 Å². The van der Waals surface area contributed by atoms with Gasteiger partial charge in [0, 0.05) is 31.9 Å². The van der Waals surface area contributed by atoms with Crippen molar-refractivity contribution in [2.75, 3.05) is 32.0 Å². The molecule has 0 spiro atoms. The average molecular weight is 296 g/mol. The standard InChI is InChI=1S/C15H25FN4O/c1-5-7-17-14-13(16)12(6-8-18-14)15(21)19-9-10-20(4)11(2)3/h6,8,11H,5,7,9-10H2,1-4H3,(H,17,18)(H,19,21). The second kappa shape index (κ2) is 8.56. The lowest BCUT2D eigenvalue weighted by molar-refractivity contribution is 0.0944. The molecule has 1 rings (SSSR count). The summed E-state index contributed by atoms with van der Waals surface area (Å²) in [6.45, 7) is 7.96. The minimum Gasteiger partial charge on any atom is -0.368 e. The van der Waals surface area contributed by atoms with Crippen LogP contribution in [-0.2, 0) is 0 Å². The topological polar surface area (TPSA) is 57.3 Å². The minimum atomic E-state index is -0.597. The Bertz CT molecular complexity index is 465. The number of amides is 1. The number of nitrogens with one attached hydrogen (secondary N) is 2. The number of pyridine rings is 1. The largest absolute Gasteiger partial charge is 0.368 e. The molecular weight excluding hydrogens is 271 g/mol. The highest BCUT2D eigenvalue weighted by atomic mass is 19.1. The molecule has 0 saturated heterocycles. The Balaban J connectivity index is 2.61. The van der Waals surface area contributed by atoms with E-state index in [0.717, 1.165) is 13.0 Å². The number of halogens is 1. The van der Waals surface area contributed by atoms with Gasteiger partial charge in [-0.15, -0.1) is 0 Å². The van der Waals surface area contributed by atoms with Crippen LogP contribution in [0.2, 0.25) is 0 Å². The van der Waals surface area contributed by atoms with Crippen LogP contribution in [0.1, 0.15) is 37.6 Å². The van der Waals surface area contributed by atoms with Crippen LogP contribution in [0.25, 0.3) is 0 Å². The molecule has 0 fully saturated rings. The molecule has 5 nitrogen and oxygen atoms in total. The maximum absolute atomic E-state index is 14.2. The van der Waals surface area contributed by atoms with Gasteiger partial charge in [-0.2, -0.15) is 0 Å². The summed E-state index contributed by atoms with van der Waals surface area (Å²) in [6, 6.07) is 1.80. The van der Waals surface area contributed by atoms with Crippen molar-refractivity contribution in [3.05, 3.63) is 23.6 Å². The van der Waals surface area contributed by atoms with Crippen LogP contribution in [0.3, 0.4) is 0 Å². The molecule has 0 aromatic carbocycles. The van der Waals surface area contributed by atoms with E-state index in [1.807, 2.05) is 14.0 Å². The summed E-state index contributed by atoms with van der Waals surface area (Å²) in [7, 11) is 1.98. The third-order valence-electron chi connectivity index (χ3n) is 3.31. The molecule has 6 heteroatoms. The molecule has 0 aliphatic rings. The lowest BCUT2D eigenvalue weighted by Crippen LogP contribution is -2.36. The van der Waals surface area contributed by atoms with E-state index in [1.165, 1.54) is 12.3 Å². The highest BCUT2D eigenvalue weighted by Crippen LogP contribution is 2.14. The summed E-state index contributed by atoms with van der Waals surface area (Å²) in [5, 5.41) is 5.61. The fourth-order valence-corrected chi connectivity index (χ4v) is 1.68. The average Bonchev–Trinajstić information content (AvgIpc) is 2.45. The SMILES string of the molecule is CCCNc1nccc(C(=O)NCCN(C)C(C)C)c1F. The van der Waals surface area contributed by atoms with E-state index in [0.29, 0.717) is 19.1 Å². The number of hydrogen-bond donors (Lipinski definition) is 2. The molecular formula is C15H25FN4O. The predicted octanol–water partition coefficient (Wildman–Crippen LogP) is 2.11. The summed E-state index contributed by atoms with van der Waals surface area (Å²) < 4.78 is 14.2. The number of likely N-dealkylation sites (N-methyl/N-ethyl adjacent to an activating group) is 1. The highest BCUT2D eigenvalue weighted by Gasteiger charge is 2.15. The second-order valence-electron chi connectivity index (χ2n) is 5.28. The number of anilines is 1. The Morgan fingerprint density at radius 2 is 2.14 bits per heavy atom. The summed E-state index contributed by atoms with van der Waals surface area (Å²) in [5.74, 6) is -0.879. The van der Waals surface area contributed by atoms with Crippen LogP contribution < -0.4 is 10.6 Å². The lowest BCUT2D eigenvalue weighted by atomic mass is 10.2. The Kier molecular flexibility index (Phi) is 7.08. The number of hydrogen-bond acceptors (Lipinski definition) is 4. The molecule has 0 aliphatic heterocycles. The molecule has 118 valence electrons. The molecule has 2 N–H and O–H groups in total. The van der Waals surface area contributed by atoms with E-state index >= 15 is 0 Å². The molecule has 21 heavy (non-hydrogen) atoms. The van der Waals surface area contributed by atoms with Gasteiger partial charge >= 0.3 is 0 Å². The smallest absolute Gasteiger partial charge is 0.254 e. The monoisotopic (exact) mass is 296 g/mol. The molecule has 1 aromatic rings. The van der Waals surface area contributed by atoms with Gasteiger partial charge in [-0.1, -0.05) is 6.92 Å². The molecule has 0 radical (unpaired) electrons. The van der Waals surface area contributed by atoms with Crippen LogP contribution in [0.15, 0.2) is 12.3 Å². The Morgan fingerprint density at radius 3 is 2.76 bits per heavy atom. The van der Waals surface area contributed by atoms with E-state index in [9.17, 15) is 9.18 Å². The molecule has 1 aromatic heterocycles. The van der Waals surface area contributed by atoms with Gasteiger partial charge < -0.3 is 15.5 Å². The molecule has 0 saturated carbocycles. The molecule has 0 atom stereocenters. The van der Waals surface area contributed by atoms with Gasteiger partial charge in [0.1, 0.15) is 0 Å². The van der Waals surface area contributed by atoms with Crippen LogP contribution in [0.4, 0.5) is 10.2 Å². The maximum atomic E-state index is 14.2. The molecule has 1 amide bonds. The van der Waals surface area contributed by atoms with Crippen molar-refractivity contribution in [3.63, 3.8) is 0 Å². The Morgan fingerprint density at radius 1 is 1.43 bits per heavy atom. The van der Waals surface area contributed by atoms with Crippen molar-refractivity contribution in [1.29, 1.82) is 0 Å². The number of rotatable bonds is 8. The minimum absolute atomic E-state index is 0.0239. The summed E-state index contributed by atoms with van der Waals surface area (Å²) in [6.07, 6.45) is 2.30. The molecule has 0 unspecified atom stereocenters. The first-order chi connectivity index (χ1) is 9.97. The van der Waals surface area contributed by atoms with Crippen LogP contribution in [0, 0.1) is 5.82 Å². The quantitative estimate of drug-likeness (QED) is 0.771. The second-order valence-corrected chi connectivity index (χ2v) is 5.28. The number of nitrogens with zero attached hydrogens (tertiary/aromatic N) is 2. The van der Waals surface area contributed by atoms with Gasteiger partial charge in [-0.05, 0) is 33.4 Å². The van der Waals surface area contributed by atoms with Crippen molar-refractivity contribution in [3.8, 4) is 0 Å².